The average Bonchev–Trinajstić information content (AvgIpc) is 3.85. The Kier molecular flexibility index (Phi) is 6.16. The molecule has 0 atom stereocenters. The van der Waals surface area contributed by atoms with E-state index in [2.05, 4.69) is 191 Å². The molecule has 3 heterocycles. The molecule has 2 nitrogen and oxygen atoms in total. The maximum Gasteiger partial charge on any atom is 0.0548 e. The minimum atomic E-state index is 1.15. The summed E-state index contributed by atoms with van der Waals surface area (Å²) in [6, 6.07) is 66.6. The van der Waals surface area contributed by atoms with Crippen molar-refractivity contribution in [2.45, 2.75) is 0 Å². The number of aromatic nitrogens is 2. The number of rotatable bonds is 4. The van der Waals surface area contributed by atoms with E-state index in [1.807, 2.05) is 11.3 Å². The van der Waals surface area contributed by atoms with Crippen molar-refractivity contribution in [1.82, 2.24) is 9.13 Å². The number of fused-ring (bicyclic) bond motifs is 9. The van der Waals surface area contributed by atoms with Gasteiger partial charge in [0.25, 0.3) is 0 Å². The second kappa shape index (κ2) is 11.0. The Morgan fingerprint density at radius 2 is 0.863 bits per heavy atom. The molecule has 0 aliphatic rings. The molecule has 0 spiro atoms. The SMILES string of the molecule is c1ccc(-n2c3ccccc3c3cc4c(cc32)c2ccccc2n4-c2ccc(-c3cccc(-c4cccc5c4sc4ccccc45)c3)cc2)cc1. The highest BCUT2D eigenvalue weighted by atomic mass is 32.1. The minimum Gasteiger partial charge on any atom is -0.309 e. The van der Waals surface area contributed by atoms with E-state index in [1.54, 1.807) is 0 Å². The van der Waals surface area contributed by atoms with Crippen molar-refractivity contribution in [1.29, 1.82) is 0 Å². The summed E-state index contributed by atoms with van der Waals surface area (Å²) in [5.41, 5.74) is 12.2. The van der Waals surface area contributed by atoms with Crippen LogP contribution in [0.2, 0.25) is 0 Å². The lowest BCUT2D eigenvalue weighted by Gasteiger charge is -2.11. The molecular formula is C48H30N2S. The molecule has 8 aromatic carbocycles. The van der Waals surface area contributed by atoms with Crippen LogP contribution in [0.3, 0.4) is 0 Å². The van der Waals surface area contributed by atoms with Crippen LogP contribution in [0.4, 0.5) is 0 Å². The highest BCUT2D eigenvalue weighted by Gasteiger charge is 2.18. The van der Waals surface area contributed by atoms with Crippen LogP contribution in [0.5, 0.6) is 0 Å². The molecule has 238 valence electrons. The first-order valence-electron chi connectivity index (χ1n) is 17.4. The van der Waals surface area contributed by atoms with Gasteiger partial charge in [0.05, 0.1) is 22.1 Å². The van der Waals surface area contributed by atoms with Crippen LogP contribution in [0.1, 0.15) is 0 Å². The summed E-state index contributed by atoms with van der Waals surface area (Å²) in [5, 5.41) is 7.69. The molecule has 0 radical (unpaired) electrons. The lowest BCUT2D eigenvalue weighted by molar-refractivity contribution is 1.17. The van der Waals surface area contributed by atoms with Crippen LogP contribution >= 0.6 is 11.3 Å². The fraction of sp³-hybridized carbons (Fsp3) is 0. The van der Waals surface area contributed by atoms with Crippen LogP contribution in [-0.4, -0.2) is 9.13 Å². The maximum atomic E-state index is 2.43. The van der Waals surface area contributed by atoms with Gasteiger partial charge in [-0.25, -0.2) is 0 Å². The largest absolute Gasteiger partial charge is 0.309 e. The summed E-state index contributed by atoms with van der Waals surface area (Å²) in [6.45, 7) is 0. The number of para-hydroxylation sites is 3. The van der Waals surface area contributed by atoms with Crippen molar-refractivity contribution in [3.63, 3.8) is 0 Å². The third-order valence-electron chi connectivity index (χ3n) is 10.5. The number of hydrogen-bond donors (Lipinski definition) is 0. The summed E-state index contributed by atoms with van der Waals surface area (Å²) >= 11 is 1.88. The second-order valence-corrected chi connectivity index (χ2v) is 14.4. The zero-order valence-electron chi connectivity index (χ0n) is 27.6. The van der Waals surface area contributed by atoms with Crippen LogP contribution in [0.25, 0.3) is 97.4 Å². The van der Waals surface area contributed by atoms with Gasteiger partial charge in [0.15, 0.2) is 0 Å². The lowest BCUT2D eigenvalue weighted by Crippen LogP contribution is -1.94. The second-order valence-electron chi connectivity index (χ2n) is 13.3. The number of thiophene rings is 1. The predicted molar refractivity (Wildman–Crippen MR) is 219 cm³/mol. The molecule has 0 aliphatic carbocycles. The minimum absolute atomic E-state index is 1.15. The summed E-state index contributed by atoms with van der Waals surface area (Å²) in [5.74, 6) is 0. The standard InChI is InChI=1S/C48H30N2S/c1-2-14-34(15-3-1)49-43-21-7-4-16-37(43)41-30-46-42(29-45(41)49)38-17-5-8-22-44(38)50(46)35-26-24-31(25-27-35)32-12-10-13-33(28-32)36-19-11-20-40-39-18-6-9-23-47(39)51-48(36)40/h1-30H. The topological polar surface area (TPSA) is 9.86 Å². The third-order valence-corrected chi connectivity index (χ3v) is 11.7. The van der Waals surface area contributed by atoms with Crippen molar-refractivity contribution in [2.24, 2.45) is 0 Å². The monoisotopic (exact) mass is 666 g/mol. The molecule has 11 rings (SSSR count). The first kappa shape index (κ1) is 28.4. The van der Waals surface area contributed by atoms with Crippen molar-refractivity contribution in [3.05, 3.63) is 182 Å². The number of hydrogen-bond acceptors (Lipinski definition) is 1. The molecule has 0 amide bonds. The van der Waals surface area contributed by atoms with Crippen LogP contribution in [0, 0.1) is 0 Å². The van der Waals surface area contributed by atoms with Crippen LogP contribution in [-0.2, 0) is 0 Å². The Labute approximate surface area is 298 Å². The van der Waals surface area contributed by atoms with Gasteiger partial charge >= 0.3 is 0 Å². The van der Waals surface area contributed by atoms with Gasteiger partial charge in [-0.2, -0.15) is 0 Å². The van der Waals surface area contributed by atoms with E-state index in [0.29, 0.717) is 0 Å². The lowest BCUT2D eigenvalue weighted by atomic mass is 9.98. The van der Waals surface area contributed by atoms with E-state index >= 15 is 0 Å². The van der Waals surface area contributed by atoms with Gasteiger partial charge in [0.2, 0.25) is 0 Å². The molecule has 0 unspecified atom stereocenters. The summed E-state index contributed by atoms with van der Waals surface area (Å²) in [7, 11) is 0. The molecule has 0 bridgehead atoms. The first-order chi connectivity index (χ1) is 25.3. The van der Waals surface area contributed by atoms with E-state index in [-0.39, 0.29) is 0 Å². The fourth-order valence-corrected chi connectivity index (χ4v) is 9.45. The van der Waals surface area contributed by atoms with Gasteiger partial charge in [-0.3, -0.25) is 0 Å². The Hall–Kier alpha value is -6.42. The average molecular weight is 667 g/mol. The van der Waals surface area contributed by atoms with Crippen molar-refractivity contribution in [2.75, 3.05) is 0 Å². The molecule has 11 aromatic rings. The number of benzene rings is 8. The Morgan fingerprint density at radius 1 is 0.314 bits per heavy atom. The van der Waals surface area contributed by atoms with Gasteiger partial charge < -0.3 is 9.13 Å². The molecule has 0 fully saturated rings. The predicted octanol–water partition coefficient (Wildman–Crippen LogP) is 13.6. The zero-order valence-corrected chi connectivity index (χ0v) is 28.4. The molecule has 0 saturated heterocycles. The molecule has 3 aromatic heterocycles. The third kappa shape index (κ3) is 4.29. The highest BCUT2D eigenvalue weighted by Crippen LogP contribution is 2.42. The normalized spacial score (nSPS) is 11.9. The number of nitrogens with zero attached hydrogens (tertiary/aromatic N) is 2. The first-order valence-corrected chi connectivity index (χ1v) is 18.3. The van der Waals surface area contributed by atoms with Crippen molar-refractivity contribution in [3.8, 4) is 33.6 Å². The Bertz CT molecular complexity index is 3120. The molecular weight excluding hydrogens is 637 g/mol. The molecule has 3 heteroatoms. The van der Waals surface area contributed by atoms with Gasteiger partial charge in [-0.15, -0.1) is 11.3 Å². The van der Waals surface area contributed by atoms with E-state index in [1.165, 1.54) is 91.7 Å². The smallest absolute Gasteiger partial charge is 0.0548 e. The van der Waals surface area contributed by atoms with E-state index in [4.69, 9.17) is 0 Å². The molecule has 51 heavy (non-hydrogen) atoms. The van der Waals surface area contributed by atoms with E-state index in [9.17, 15) is 0 Å². The van der Waals surface area contributed by atoms with E-state index < -0.39 is 0 Å². The summed E-state index contributed by atoms with van der Waals surface area (Å²) in [6.07, 6.45) is 0. The Morgan fingerprint density at radius 3 is 1.57 bits per heavy atom. The highest BCUT2D eigenvalue weighted by molar-refractivity contribution is 7.26. The van der Waals surface area contributed by atoms with Crippen LogP contribution < -0.4 is 0 Å². The zero-order chi connectivity index (χ0) is 33.5. The van der Waals surface area contributed by atoms with Gasteiger partial charge in [-0.05, 0) is 82.9 Å². The fourth-order valence-electron chi connectivity index (χ4n) is 8.21. The van der Waals surface area contributed by atoms with Crippen molar-refractivity contribution < 1.29 is 0 Å². The van der Waals surface area contributed by atoms with E-state index in [0.717, 1.165) is 5.69 Å². The quantitative estimate of drug-likeness (QED) is 0.177. The van der Waals surface area contributed by atoms with Gasteiger partial charge in [-0.1, -0.05) is 121 Å². The maximum absolute atomic E-state index is 2.43. The van der Waals surface area contributed by atoms with Gasteiger partial charge in [0, 0.05) is 53.1 Å². The summed E-state index contributed by atoms with van der Waals surface area (Å²) in [4.78, 5) is 0. The Balaban J connectivity index is 1.06. The summed E-state index contributed by atoms with van der Waals surface area (Å²) < 4.78 is 7.51. The molecule has 0 saturated carbocycles. The van der Waals surface area contributed by atoms with Crippen LogP contribution in [0.15, 0.2) is 182 Å². The van der Waals surface area contributed by atoms with Crippen molar-refractivity contribution >= 4 is 75.1 Å². The van der Waals surface area contributed by atoms with Gasteiger partial charge in [0.1, 0.15) is 0 Å². The molecule has 0 N–H and O–H groups in total. The molecule has 0 aliphatic heterocycles.